The van der Waals surface area contributed by atoms with Crippen molar-refractivity contribution in [1.82, 2.24) is 4.98 Å². The number of ether oxygens (including phenoxy) is 1. The van der Waals surface area contributed by atoms with Crippen LogP contribution >= 0.6 is 38.9 Å². The van der Waals surface area contributed by atoms with Crippen LogP contribution in [0.15, 0.2) is 70.7 Å². The first-order chi connectivity index (χ1) is 17.3. The van der Waals surface area contributed by atoms with Crippen LogP contribution < -0.4 is 9.64 Å². The van der Waals surface area contributed by atoms with Crippen LogP contribution in [-0.4, -0.2) is 27.9 Å². The number of carbonyl (C=O) groups is 2. The van der Waals surface area contributed by atoms with Gasteiger partial charge >= 0.3 is 5.91 Å². The molecule has 3 aromatic carbocycles. The van der Waals surface area contributed by atoms with Crippen molar-refractivity contribution >= 4 is 71.7 Å². The van der Waals surface area contributed by atoms with E-state index in [9.17, 15) is 14.7 Å². The molecule has 1 aromatic heterocycles. The number of amides is 1. The predicted octanol–water partition coefficient (Wildman–Crippen LogP) is 6.66. The molecular weight excluding hydrogens is 564 g/mol. The van der Waals surface area contributed by atoms with Crippen molar-refractivity contribution in [2.24, 2.45) is 0 Å². The minimum absolute atomic E-state index is 0.0160. The highest BCUT2D eigenvalue weighted by atomic mass is 79.9. The number of fused-ring (bicyclic) bond motifs is 2. The second kappa shape index (κ2) is 8.73. The third-order valence-electron chi connectivity index (χ3n) is 6.32. The summed E-state index contributed by atoms with van der Waals surface area (Å²) in [5.74, 6) is -0.979. The number of hydrogen-bond acceptors (Lipinski definition) is 6. The van der Waals surface area contributed by atoms with Gasteiger partial charge in [0, 0.05) is 21.5 Å². The number of nitrogens with zero attached hydrogens (tertiary/aromatic N) is 2. The number of anilines is 1. The van der Waals surface area contributed by atoms with Crippen molar-refractivity contribution in [3.8, 4) is 5.75 Å². The van der Waals surface area contributed by atoms with Gasteiger partial charge in [0.1, 0.15) is 17.6 Å². The van der Waals surface area contributed by atoms with Gasteiger partial charge in [0.05, 0.1) is 21.8 Å². The molecular formula is C27H18BrClN2O4S. The van der Waals surface area contributed by atoms with Crippen molar-refractivity contribution in [1.29, 1.82) is 0 Å². The number of ketones is 1. The number of carbonyl (C=O) groups excluding carboxylic acids is 2. The van der Waals surface area contributed by atoms with Crippen LogP contribution in [0.1, 0.15) is 29.7 Å². The zero-order chi connectivity index (χ0) is 25.1. The number of halogens is 2. The Balaban J connectivity index is 1.54. The summed E-state index contributed by atoms with van der Waals surface area (Å²) in [7, 11) is 0. The molecule has 0 radical (unpaired) electrons. The summed E-state index contributed by atoms with van der Waals surface area (Å²) in [5, 5.41) is 12.4. The van der Waals surface area contributed by atoms with Crippen LogP contribution in [0.2, 0.25) is 5.02 Å². The maximum absolute atomic E-state index is 13.4. The van der Waals surface area contributed by atoms with Crippen molar-refractivity contribution in [2.45, 2.75) is 25.5 Å². The monoisotopic (exact) mass is 580 g/mol. The van der Waals surface area contributed by atoms with Gasteiger partial charge in [0.2, 0.25) is 0 Å². The average Bonchev–Trinajstić information content (AvgIpc) is 3.50. The maximum Gasteiger partial charge on any atom is 0.301 e. The van der Waals surface area contributed by atoms with E-state index in [1.807, 2.05) is 37.3 Å². The molecule has 1 fully saturated rings. The molecule has 2 atom stereocenters. The third kappa shape index (κ3) is 3.80. The van der Waals surface area contributed by atoms with E-state index in [0.717, 1.165) is 20.5 Å². The zero-order valence-electron chi connectivity index (χ0n) is 18.9. The van der Waals surface area contributed by atoms with Crippen LogP contribution in [0, 0.1) is 0 Å². The number of benzene rings is 3. The molecule has 2 aliphatic heterocycles. The summed E-state index contributed by atoms with van der Waals surface area (Å²) in [4.78, 5) is 32.9. The van der Waals surface area contributed by atoms with Crippen LogP contribution in [0.25, 0.3) is 16.0 Å². The molecule has 1 N–H and O–H groups in total. The van der Waals surface area contributed by atoms with Gasteiger partial charge in [-0.3, -0.25) is 14.5 Å². The highest BCUT2D eigenvalue weighted by Crippen LogP contribution is 2.45. The van der Waals surface area contributed by atoms with Gasteiger partial charge in [0.15, 0.2) is 5.13 Å². The quantitative estimate of drug-likeness (QED) is 0.166. The first-order valence-electron chi connectivity index (χ1n) is 11.2. The van der Waals surface area contributed by atoms with Crippen LogP contribution in [0.4, 0.5) is 5.13 Å². The van der Waals surface area contributed by atoms with E-state index in [2.05, 4.69) is 20.9 Å². The first kappa shape index (κ1) is 23.2. The van der Waals surface area contributed by atoms with E-state index in [4.69, 9.17) is 16.3 Å². The fraction of sp³-hybridized carbons (Fsp3) is 0.148. The van der Waals surface area contributed by atoms with Crippen molar-refractivity contribution < 1.29 is 19.4 Å². The van der Waals surface area contributed by atoms with E-state index in [1.165, 1.54) is 16.2 Å². The normalized spacial score (nSPS) is 20.7. The lowest BCUT2D eigenvalue weighted by Crippen LogP contribution is -2.29. The Bertz CT molecular complexity index is 1610. The first-order valence-corrected chi connectivity index (χ1v) is 13.2. The summed E-state index contributed by atoms with van der Waals surface area (Å²) in [6, 6.07) is 17.1. The topological polar surface area (TPSA) is 79.7 Å². The lowest BCUT2D eigenvalue weighted by molar-refractivity contribution is -0.132. The number of aliphatic hydroxyl groups is 1. The second-order valence-corrected chi connectivity index (χ2v) is 11.1. The lowest BCUT2D eigenvalue weighted by Gasteiger charge is -2.23. The Morgan fingerprint density at radius 3 is 2.81 bits per heavy atom. The second-order valence-electron chi connectivity index (χ2n) is 8.79. The van der Waals surface area contributed by atoms with E-state index in [-0.39, 0.29) is 17.4 Å². The predicted molar refractivity (Wildman–Crippen MR) is 144 cm³/mol. The molecule has 0 saturated carbocycles. The van der Waals surface area contributed by atoms with E-state index in [0.29, 0.717) is 33.2 Å². The number of aromatic nitrogens is 1. The molecule has 6 nitrogen and oxygen atoms in total. The molecule has 180 valence electrons. The Morgan fingerprint density at radius 2 is 2.00 bits per heavy atom. The minimum atomic E-state index is -0.859. The molecule has 0 bridgehead atoms. The van der Waals surface area contributed by atoms with Gasteiger partial charge in [-0.25, -0.2) is 4.98 Å². The Hall–Kier alpha value is -3.20. The molecule has 2 aliphatic rings. The third-order valence-corrected chi connectivity index (χ3v) is 8.07. The average molecular weight is 582 g/mol. The van der Waals surface area contributed by atoms with Crippen LogP contribution in [0.3, 0.4) is 0 Å². The Morgan fingerprint density at radius 1 is 1.17 bits per heavy atom. The molecule has 3 heterocycles. The standard InChI is InChI=1S/C27H18BrClN2O4S/c1-13-9-16-10-15(5-8-20(16)35-13)24(32)22-23(14-3-2-4-17(28)11-14)31(26(34)25(22)33)27-30-19-7-6-18(29)12-21(19)36-27/h2-8,10-13,23,32H,9H2,1H3/t13-,23-/m1/s1. The lowest BCUT2D eigenvalue weighted by atomic mass is 9.94. The van der Waals surface area contributed by atoms with E-state index >= 15 is 0 Å². The summed E-state index contributed by atoms with van der Waals surface area (Å²) in [6.07, 6.45) is 0.742. The number of Topliss-reactive ketones (excluding diaryl/α,β-unsaturated/α-hetero) is 1. The largest absolute Gasteiger partial charge is 0.507 e. The summed E-state index contributed by atoms with van der Waals surface area (Å²) < 4.78 is 7.35. The Labute approximate surface area is 223 Å². The molecule has 1 amide bonds. The van der Waals surface area contributed by atoms with Gasteiger partial charge in [-0.2, -0.15) is 0 Å². The van der Waals surface area contributed by atoms with E-state index in [1.54, 1.807) is 30.3 Å². The molecule has 9 heteroatoms. The highest BCUT2D eigenvalue weighted by molar-refractivity contribution is 9.10. The smallest absolute Gasteiger partial charge is 0.301 e. The van der Waals surface area contributed by atoms with Gasteiger partial charge in [-0.1, -0.05) is 51.0 Å². The fourth-order valence-electron chi connectivity index (χ4n) is 4.74. The van der Waals surface area contributed by atoms with Crippen molar-refractivity contribution in [2.75, 3.05) is 4.90 Å². The van der Waals surface area contributed by atoms with Gasteiger partial charge in [-0.15, -0.1) is 0 Å². The molecule has 0 spiro atoms. The highest BCUT2D eigenvalue weighted by Gasteiger charge is 2.48. The molecule has 0 aliphatic carbocycles. The van der Waals surface area contributed by atoms with Crippen molar-refractivity contribution in [3.63, 3.8) is 0 Å². The SMILES string of the molecule is C[C@@H]1Cc2cc(C(O)=C3C(=O)C(=O)N(c4nc5ccc(Cl)cc5s4)[C@@H]3c3cccc(Br)c3)ccc2O1. The van der Waals surface area contributed by atoms with Gasteiger partial charge in [0.25, 0.3) is 5.78 Å². The number of rotatable bonds is 3. The number of hydrogen-bond donors (Lipinski definition) is 1. The molecule has 4 aromatic rings. The molecule has 0 unspecified atom stereocenters. The fourth-order valence-corrected chi connectivity index (χ4v) is 6.42. The number of aliphatic hydroxyl groups excluding tert-OH is 1. The molecule has 36 heavy (non-hydrogen) atoms. The van der Waals surface area contributed by atoms with E-state index < -0.39 is 17.7 Å². The summed E-state index contributed by atoms with van der Waals surface area (Å²) in [6.45, 7) is 1.98. The summed E-state index contributed by atoms with van der Waals surface area (Å²) >= 11 is 10.9. The number of thiazole rings is 1. The zero-order valence-corrected chi connectivity index (χ0v) is 22.0. The van der Waals surface area contributed by atoms with Gasteiger partial charge in [-0.05, 0) is 66.6 Å². The van der Waals surface area contributed by atoms with Gasteiger partial charge < -0.3 is 9.84 Å². The minimum Gasteiger partial charge on any atom is -0.507 e. The maximum atomic E-state index is 13.4. The van der Waals surface area contributed by atoms with Crippen LogP contribution in [0.5, 0.6) is 5.75 Å². The molecule has 1 saturated heterocycles. The Kier molecular flexibility index (Phi) is 5.63. The molecule has 6 rings (SSSR count). The van der Waals surface area contributed by atoms with Crippen molar-refractivity contribution in [3.05, 3.63) is 92.4 Å². The summed E-state index contributed by atoms with van der Waals surface area (Å²) in [5.41, 5.74) is 2.76. The van der Waals surface area contributed by atoms with Crippen LogP contribution in [-0.2, 0) is 16.0 Å².